The van der Waals surface area contributed by atoms with Crippen LogP contribution >= 0.6 is 0 Å². The zero-order valence-electron chi connectivity index (χ0n) is 10.3. The number of nitrogens with zero attached hydrogens (tertiary/aromatic N) is 2. The first-order chi connectivity index (χ1) is 8.29. The summed E-state index contributed by atoms with van der Waals surface area (Å²) in [4.78, 5) is 25.1. The highest BCUT2D eigenvalue weighted by molar-refractivity contribution is 5.70. The monoisotopic (exact) mass is 254 g/mol. The van der Waals surface area contributed by atoms with E-state index < -0.39 is 16.6 Å². The van der Waals surface area contributed by atoms with Crippen LogP contribution in [-0.2, 0) is 4.74 Å². The molecule has 0 aromatic carbocycles. The van der Waals surface area contributed by atoms with Crippen molar-refractivity contribution in [2.75, 3.05) is 5.43 Å². The average Bonchev–Trinajstić information content (AvgIpc) is 2.24. The summed E-state index contributed by atoms with van der Waals surface area (Å²) < 4.78 is 4.95. The van der Waals surface area contributed by atoms with Crippen LogP contribution in [0.3, 0.4) is 0 Å². The van der Waals surface area contributed by atoms with Gasteiger partial charge < -0.3 is 4.74 Å². The van der Waals surface area contributed by atoms with Crippen molar-refractivity contribution in [3.05, 3.63) is 28.4 Å². The predicted molar refractivity (Wildman–Crippen MR) is 63.9 cm³/mol. The second kappa shape index (κ2) is 5.30. The fourth-order valence-corrected chi connectivity index (χ4v) is 1.05. The van der Waals surface area contributed by atoms with Gasteiger partial charge in [-0.1, -0.05) is 0 Å². The fourth-order valence-electron chi connectivity index (χ4n) is 1.05. The molecule has 0 saturated heterocycles. The number of rotatable bonds is 3. The van der Waals surface area contributed by atoms with Crippen molar-refractivity contribution < 1.29 is 14.5 Å². The summed E-state index contributed by atoms with van der Waals surface area (Å²) in [6, 6.07) is 2.70. The lowest BCUT2D eigenvalue weighted by atomic mass is 10.2. The van der Waals surface area contributed by atoms with Gasteiger partial charge in [0.15, 0.2) is 0 Å². The molecule has 1 heterocycles. The topological polar surface area (TPSA) is 106 Å². The Balaban J connectivity index is 2.64. The summed E-state index contributed by atoms with van der Waals surface area (Å²) in [7, 11) is 0. The SMILES string of the molecule is CC(C)(C)OC(=O)NNc1ncccc1[N+](=O)[O-]. The van der Waals surface area contributed by atoms with Crippen LogP contribution in [0.4, 0.5) is 16.3 Å². The van der Waals surface area contributed by atoms with Gasteiger partial charge in [-0.3, -0.25) is 15.5 Å². The van der Waals surface area contributed by atoms with Gasteiger partial charge in [0.25, 0.3) is 0 Å². The summed E-state index contributed by atoms with van der Waals surface area (Å²) in [5, 5.41) is 10.7. The Hall–Kier alpha value is -2.38. The van der Waals surface area contributed by atoms with Crippen LogP contribution in [0.15, 0.2) is 18.3 Å². The van der Waals surface area contributed by atoms with Gasteiger partial charge in [0.2, 0.25) is 5.82 Å². The van der Waals surface area contributed by atoms with Gasteiger partial charge in [0, 0.05) is 12.3 Å². The summed E-state index contributed by atoms with van der Waals surface area (Å²) in [6.07, 6.45) is 0.619. The summed E-state index contributed by atoms with van der Waals surface area (Å²) in [5.41, 5.74) is 3.62. The number of aromatic nitrogens is 1. The second-order valence-electron chi connectivity index (χ2n) is 4.38. The Kier molecular flexibility index (Phi) is 4.03. The first kappa shape index (κ1) is 13.7. The number of anilines is 1. The lowest BCUT2D eigenvalue weighted by molar-refractivity contribution is -0.384. The molecule has 98 valence electrons. The van der Waals surface area contributed by atoms with Crippen LogP contribution in [0.2, 0.25) is 0 Å². The molecule has 0 saturated carbocycles. The average molecular weight is 254 g/mol. The molecule has 0 aliphatic rings. The Morgan fingerprint density at radius 1 is 1.50 bits per heavy atom. The smallest absolute Gasteiger partial charge is 0.426 e. The number of nitrogens with one attached hydrogen (secondary N) is 2. The molecule has 18 heavy (non-hydrogen) atoms. The van der Waals surface area contributed by atoms with Crippen LogP contribution < -0.4 is 10.9 Å². The minimum absolute atomic E-state index is 0.0617. The molecule has 8 heteroatoms. The van der Waals surface area contributed by atoms with Gasteiger partial charge in [0.05, 0.1) is 4.92 Å². The molecule has 1 rings (SSSR count). The third kappa shape index (κ3) is 4.24. The van der Waals surface area contributed by atoms with E-state index in [0.717, 1.165) is 0 Å². The minimum Gasteiger partial charge on any atom is -0.443 e. The van der Waals surface area contributed by atoms with Gasteiger partial charge >= 0.3 is 11.8 Å². The van der Waals surface area contributed by atoms with Gasteiger partial charge in [-0.15, -0.1) is 0 Å². The highest BCUT2D eigenvalue weighted by Crippen LogP contribution is 2.19. The molecular weight excluding hydrogens is 240 g/mol. The first-order valence-electron chi connectivity index (χ1n) is 5.14. The Morgan fingerprint density at radius 3 is 2.72 bits per heavy atom. The van der Waals surface area contributed by atoms with Crippen LogP contribution in [-0.4, -0.2) is 21.6 Å². The number of ether oxygens (including phenoxy) is 1. The van der Waals surface area contributed by atoms with Crippen molar-refractivity contribution in [2.24, 2.45) is 0 Å². The zero-order chi connectivity index (χ0) is 13.8. The first-order valence-corrected chi connectivity index (χ1v) is 5.14. The number of nitro groups is 1. The van der Waals surface area contributed by atoms with Crippen LogP contribution in [0.5, 0.6) is 0 Å². The molecule has 0 aliphatic heterocycles. The summed E-state index contributed by atoms with van der Waals surface area (Å²) in [5.74, 6) is -0.0617. The predicted octanol–water partition coefficient (Wildman–Crippen LogP) is 1.84. The van der Waals surface area contributed by atoms with E-state index in [4.69, 9.17) is 4.74 Å². The Morgan fingerprint density at radius 2 is 2.17 bits per heavy atom. The maximum Gasteiger partial charge on any atom is 0.426 e. The molecular formula is C10H14N4O4. The molecule has 0 radical (unpaired) electrons. The van der Waals surface area contributed by atoms with Crippen molar-refractivity contribution in [1.29, 1.82) is 0 Å². The van der Waals surface area contributed by atoms with Gasteiger partial charge in [-0.25, -0.2) is 15.2 Å². The summed E-state index contributed by atoms with van der Waals surface area (Å²) >= 11 is 0. The van der Waals surface area contributed by atoms with Gasteiger partial charge in [-0.05, 0) is 26.8 Å². The number of hydrazine groups is 1. The fraction of sp³-hybridized carbons (Fsp3) is 0.400. The Bertz CT molecular complexity index is 455. The molecule has 0 atom stereocenters. The van der Waals surface area contributed by atoms with E-state index in [1.165, 1.54) is 18.3 Å². The summed E-state index contributed by atoms with van der Waals surface area (Å²) in [6.45, 7) is 5.11. The third-order valence-corrected chi connectivity index (χ3v) is 1.66. The molecule has 0 fully saturated rings. The third-order valence-electron chi connectivity index (χ3n) is 1.66. The number of carbonyl (C=O) groups is 1. The van der Waals surface area contributed by atoms with Crippen molar-refractivity contribution in [2.45, 2.75) is 26.4 Å². The van der Waals surface area contributed by atoms with Gasteiger partial charge in [-0.2, -0.15) is 0 Å². The molecule has 1 aromatic rings. The van der Waals surface area contributed by atoms with E-state index >= 15 is 0 Å². The van der Waals surface area contributed by atoms with Gasteiger partial charge in [0.1, 0.15) is 5.60 Å². The van der Waals surface area contributed by atoms with E-state index in [1.54, 1.807) is 20.8 Å². The molecule has 1 aromatic heterocycles. The van der Waals surface area contributed by atoms with E-state index in [-0.39, 0.29) is 11.5 Å². The molecule has 0 bridgehead atoms. The lowest BCUT2D eigenvalue weighted by Gasteiger charge is -2.19. The highest BCUT2D eigenvalue weighted by atomic mass is 16.6. The Labute approximate surface area is 103 Å². The second-order valence-corrected chi connectivity index (χ2v) is 4.38. The quantitative estimate of drug-likeness (QED) is 0.629. The largest absolute Gasteiger partial charge is 0.443 e. The van der Waals surface area contributed by atoms with Crippen LogP contribution in [0.1, 0.15) is 20.8 Å². The van der Waals surface area contributed by atoms with E-state index in [9.17, 15) is 14.9 Å². The van der Waals surface area contributed by atoms with E-state index in [2.05, 4.69) is 15.8 Å². The number of hydrogen-bond donors (Lipinski definition) is 2. The molecule has 0 aliphatic carbocycles. The number of carbonyl (C=O) groups excluding carboxylic acids is 1. The highest BCUT2D eigenvalue weighted by Gasteiger charge is 2.18. The number of amides is 1. The normalized spacial score (nSPS) is 10.6. The number of hydrogen-bond acceptors (Lipinski definition) is 6. The van der Waals surface area contributed by atoms with Crippen LogP contribution in [0, 0.1) is 10.1 Å². The molecule has 0 unspecified atom stereocenters. The molecule has 0 spiro atoms. The molecule has 2 N–H and O–H groups in total. The van der Waals surface area contributed by atoms with Crippen molar-refractivity contribution in [3.8, 4) is 0 Å². The number of pyridine rings is 1. The maximum atomic E-state index is 11.3. The zero-order valence-corrected chi connectivity index (χ0v) is 10.3. The van der Waals surface area contributed by atoms with Crippen LogP contribution in [0.25, 0.3) is 0 Å². The molecule has 1 amide bonds. The van der Waals surface area contributed by atoms with Crippen molar-refractivity contribution in [1.82, 2.24) is 10.4 Å². The minimum atomic E-state index is -0.748. The lowest BCUT2D eigenvalue weighted by Crippen LogP contribution is -2.36. The van der Waals surface area contributed by atoms with Crippen molar-refractivity contribution >= 4 is 17.6 Å². The molecule has 8 nitrogen and oxygen atoms in total. The maximum absolute atomic E-state index is 11.3. The standard InChI is InChI=1S/C10H14N4O4/c1-10(2,3)18-9(15)13-12-8-7(14(16)17)5-4-6-11-8/h4-6H,1-3H3,(H,11,12)(H,13,15). The van der Waals surface area contributed by atoms with Crippen molar-refractivity contribution in [3.63, 3.8) is 0 Å². The van der Waals surface area contributed by atoms with E-state index in [0.29, 0.717) is 0 Å². The van der Waals surface area contributed by atoms with E-state index in [1.807, 2.05) is 0 Å².